The predicted octanol–water partition coefficient (Wildman–Crippen LogP) is 4.90. The smallest absolute Gasteiger partial charge is 0.338 e. The van der Waals surface area contributed by atoms with E-state index >= 15 is 0 Å². The van der Waals surface area contributed by atoms with Crippen LogP contribution >= 0.6 is 15.9 Å². The molecule has 12 heteroatoms. The number of carbonyl (C=O) groups excluding carboxylic acids is 1. The Hall–Kier alpha value is -2.08. The average molecular weight is 527 g/mol. The Morgan fingerprint density at radius 3 is 2.25 bits per heavy atom. The minimum atomic E-state index is -4.65. The number of carbonyl (C=O) groups is 1. The Morgan fingerprint density at radius 1 is 1.09 bits per heavy atom. The molecule has 1 fully saturated rings. The number of piperazine rings is 1. The van der Waals surface area contributed by atoms with E-state index in [0.29, 0.717) is 38.3 Å². The van der Waals surface area contributed by atoms with Gasteiger partial charge in [-0.2, -0.15) is 31.4 Å². The van der Waals surface area contributed by atoms with Crippen molar-refractivity contribution in [1.82, 2.24) is 19.6 Å². The van der Waals surface area contributed by atoms with E-state index in [2.05, 4.69) is 21.0 Å². The van der Waals surface area contributed by atoms with Crippen LogP contribution in [0.15, 0.2) is 28.7 Å². The molecule has 1 aromatic carbocycles. The molecule has 0 aliphatic carbocycles. The average Bonchev–Trinajstić information content (AvgIpc) is 3.02. The minimum absolute atomic E-state index is 0.196. The first-order valence-electron chi connectivity index (χ1n) is 9.78. The maximum Gasteiger partial charge on any atom is 0.436 e. The molecule has 32 heavy (non-hydrogen) atoms. The second-order valence-electron chi connectivity index (χ2n) is 7.67. The van der Waals surface area contributed by atoms with E-state index < -0.39 is 29.7 Å². The van der Waals surface area contributed by atoms with Crippen LogP contribution in [0.25, 0.3) is 0 Å². The molecular formula is C20H21BrF6N4O. The Morgan fingerprint density at radius 2 is 1.72 bits per heavy atom. The summed E-state index contributed by atoms with van der Waals surface area (Å²) in [5, 5.41) is 3.59. The van der Waals surface area contributed by atoms with Crippen molar-refractivity contribution < 1.29 is 31.1 Å². The summed E-state index contributed by atoms with van der Waals surface area (Å²) in [5.41, 5.74) is -1.08. The predicted molar refractivity (Wildman–Crippen MR) is 108 cm³/mol. The Balaban J connectivity index is 1.63. The van der Waals surface area contributed by atoms with Gasteiger partial charge in [0, 0.05) is 32.7 Å². The molecule has 1 amide bonds. The van der Waals surface area contributed by atoms with Crippen molar-refractivity contribution in [2.75, 3.05) is 26.2 Å². The van der Waals surface area contributed by atoms with Crippen LogP contribution in [0.2, 0.25) is 0 Å². The highest BCUT2D eigenvalue weighted by Crippen LogP contribution is 2.36. The van der Waals surface area contributed by atoms with Gasteiger partial charge in [0.1, 0.15) is 6.04 Å². The van der Waals surface area contributed by atoms with Crippen molar-refractivity contribution in [2.45, 2.75) is 38.8 Å². The molecule has 1 aliphatic heterocycles. The van der Waals surface area contributed by atoms with Gasteiger partial charge in [-0.25, -0.2) is 0 Å². The summed E-state index contributed by atoms with van der Waals surface area (Å²) in [6.07, 6.45) is -9.06. The number of aromatic nitrogens is 2. The highest BCUT2D eigenvalue weighted by molar-refractivity contribution is 9.10. The first kappa shape index (κ1) is 24.6. The van der Waals surface area contributed by atoms with Gasteiger partial charge in [0.05, 0.1) is 15.7 Å². The molecule has 1 aromatic heterocycles. The van der Waals surface area contributed by atoms with Crippen molar-refractivity contribution in [2.24, 2.45) is 0 Å². The van der Waals surface area contributed by atoms with Crippen molar-refractivity contribution >= 4 is 21.8 Å². The molecule has 0 radical (unpaired) electrons. The van der Waals surface area contributed by atoms with Crippen LogP contribution in [0, 0.1) is 6.92 Å². The van der Waals surface area contributed by atoms with E-state index in [4.69, 9.17) is 0 Å². The first-order chi connectivity index (χ1) is 14.8. The normalized spacial score (nSPS) is 17.0. The van der Waals surface area contributed by atoms with Gasteiger partial charge in [0.25, 0.3) is 0 Å². The number of alkyl halides is 6. The maximum atomic E-state index is 13.1. The number of nitrogens with zero attached hydrogens (tertiary/aromatic N) is 4. The molecular weight excluding hydrogens is 506 g/mol. The van der Waals surface area contributed by atoms with E-state index in [1.165, 1.54) is 24.8 Å². The summed E-state index contributed by atoms with van der Waals surface area (Å²) < 4.78 is 78.9. The van der Waals surface area contributed by atoms with Crippen molar-refractivity contribution in [3.63, 3.8) is 0 Å². The van der Waals surface area contributed by atoms with Crippen LogP contribution in [0.4, 0.5) is 26.3 Å². The van der Waals surface area contributed by atoms with E-state index in [1.807, 2.05) is 4.90 Å². The fraction of sp³-hybridized carbons (Fsp3) is 0.500. The van der Waals surface area contributed by atoms with Crippen LogP contribution in [-0.2, 0) is 23.7 Å². The summed E-state index contributed by atoms with van der Waals surface area (Å²) >= 11 is 2.90. The van der Waals surface area contributed by atoms with Gasteiger partial charge < -0.3 is 4.90 Å². The summed E-state index contributed by atoms with van der Waals surface area (Å²) in [4.78, 5) is 16.3. The molecule has 1 atom stereocenters. The standard InChI is InChI=1S/C20H21BrF6N4O/c1-12-16(21)17(20(25,26)27)28-31(12)13(2)18(32)30-8-6-29(7-9-30)11-14-4-3-5-15(10-14)19(22,23)24/h3-5,10,13H,6-9,11H2,1-2H3. The molecule has 0 saturated carbocycles. The molecule has 1 unspecified atom stereocenters. The van der Waals surface area contributed by atoms with Gasteiger partial charge in [-0.3, -0.25) is 14.4 Å². The lowest BCUT2D eigenvalue weighted by Gasteiger charge is -2.36. The van der Waals surface area contributed by atoms with Crippen LogP contribution in [0.3, 0.4) is 0 Å². The lowest BCUT2D eigenvalue weighted by Crippen LogP contribution is -2.50. The van der Waals surface area contributed by atoms with Crippen molar-refractivity contribution in [3.05, 3.63) is 51.3 Å². The Bertz CT molecular complexity index is 979. The SMILES string of the molecule is Cc1c(Br)c(C(F)(F)F)nn1C(C)C(=O)N1CCN(Cc2cccc(C(F)(F)F)c2)CC1. The summed E-state index contributed by atoms with van der Waals surface area (Å²) in [6, 6.07) is 4.17. The molecule has 0 N–H and O–H groups in total. The molecule has 2 aromatic rings. The van der Waals surface area contributed by atoms with Gasteiger partial charge in [-0.05, 0) is 41.4 Å². The fourth-order valence-corrected chi connectivity index (χ4v) is 4.14. The summed E-state index contributed by atoms with van der Waals surface area (Å²) in [7, 11) is 0. The number of amides is 1. The van der Waals surface area contributed by atoms with E-state index in [-0.39, 0.29) is 16.1 Å². The van der Waals surface area contributed by atoms with Gasteiger partial charge >= 0.3 is 12.4 Å². The lowest BCUT2D eigenvalue weighted by molar-refractivity contribution is -0.143. The van der Waals surface area contributed by atoms with Crippen LogP contribution < -0.4 is 0 Å². The second-order valence-corrected chi connectivity index (χ2v) is 8.46. The minimum Gasteiger partial charge on any atom is -0.338 e. The van der Waals surface area contributed by atoms with Gasteiger partial charge in [0.15, 0.2) is 5.69 Å². The Labute approximate surface area is 189 Å². The van der Waals surface area contributed by atoms with Gasteiger partial charge in [-0.1, -0.05) is 18.2 Å². The lowest BCUT2D eigenvalue weighted by atomic mass is 10.1. The molecule has 176 valence electrons. The van der Waals surface area contributed by atoms with E-state index in [9.17, 15) is 31.1 Å². The molecule has 1 saturated heterocycles. The molecule has 0 spiro atoms. The fourth-order valence-electron chi connectivity index (χ4n) is 3.66. The third-order valence-electron chi connectivity index (χ3n) is 5.41. The second kappa shape index (κ2) is 9.05. The maximum absolute atomic E-state index is 13.1. The zero-order valence-corrected chi connectivity index (χ0v) is 18.9. The number of rotatable bonds is 4. The number of halogens is 7. The third-order valence-corrected chi connectivity index (χ3v) is 6.36. The van der Waals surface area contributed by atoms with E-state index in [1.54, 1.807) is 6.07 Å². The third kappa shape index (κ3) is 5.28. The zero-order chi connectivity index (χ0) is 23.8. The van der Waals surface area contributed by atoms with Crippen LogP contribution in [0.1, 0.15) is 35.5 Å². The van der Waals surface area contributed by atoms with E-state index in [0.717, 1.165) is 16.8 Å². The molecule has 2 heterocycles. The molecule has 3 rings (SSSR count). The molecule has 1 aliphatic rings. The van der Waals surface area contributed by atoms with Crippen LogP contribution in [0.5, 0.6) is 0 Å². The van der Waals surface area contributed by atoms with Crippen molar-refractivity contribution in [1.29, 1.82) is 0 Å². The Kier molecular flexibility index (Phi) is 6.94. The molecule has 5 nitrogen and oxygen atoms in total. The quantitative estimate of drug-likeness (QED) is 0.532. The van der Waals surface area contributed by atoms with Gasteiger partial charge in [0.2, 0.25) is 5.91 Å². The zero-order valence-electron chi connectivity index (χ0n) is 17.3. The first-order valence-corrected chi connectivity index (χ1v) is 10.6. The summed E-state index contributed by atoms with van der Waals surface area (Å²) in [5.74, 6) is -0.365. The highest BCUT2D eigenvalue weighted by atomic mass is 79.9. The number of hydrogen-bond acceptors (Lipinski definition) is 3. The topological polar surface area (TPSA) is 41.4 Å². The highest BCUT2D eigenvalue weighted by Gasteiger charge is 2.39. The summed E-state index contributed by atoms with van der Waals surface area (Å²) in [6.45, 7) is 4.74. The largest absolute Gasteiger partial charge is 0.436 e. The van der Waals surface area contributed by atoms with Crippen molar-refractivity contribution in [3.8, 4) is 0 Å². The van der Waals surface area contributed by atoms with Gasteiger partial charge in [-0.15, -0.1) is 0 Å². The molecule has 0 bridgehead atoms. The monoisotopic (exact) mass is 526 g/mol. The van der Waals surface area contributed by atoms with Crippen LogP contribution in [-0.4, -0.2) is 51.7 Å². The number of hydrogen-bond donors (Lipinski definition) is 0. The number of benzene rings is 1.